The molecule has 0 amide bonds. The Morgan fingerprint density at radius 1 is 0.732 bits per heavy atom. The number of benzene rings is 1. The van der Waals surface area contributed by atoms with Crippen LogP contribution in [0, 0.1) is 23.7 Å². The van der Waals surface area contributed by atoms with Gasteiger partial charge >= 0.3 is 24.2 Å². The van der Waals surface area contributed by atoms with E-state index in [-0.39, 0.29) is 67.4 Å². The van der Waals surface area contributed by atoms with Gasteiger partial charge in [0.25, 0.3) is 0 Å². The summed E-state index contributed by atoms with van der Waals surface area (Å²) in [5, 5.41) is 0. The molecule has 1 rings (SSSR count). The van der Waals surface area contributed by atoms with Crippen LogP contribution in [-0.2, 0) is 35.0 Å². The zero-order valence-electron chi connectivity index (χ0n) is 25.6. The number of hydrogen-bond acceptors (Lipinski definition) is 11. The molecule has 0 aliphatic heterocycles. The van der Waals surface area contributed by atoms with Crippen LogP contribution in [0.4, 0.5) is 9.59 Å². The third-order valence-corrected chi connectivity index (χ3v) is 6.67. The van der Waals surface area contributed by atoms with Gasteiger partial charge in [0.05, 0.1) is 19.1 Å². The molecule has 5 atom stereocenters. The lowest BCUT2D eigenvalue weighted by atomic mass is 9.99. The van der Waals surface area contributed by atoms with E-state index in [1.165, 1.54) is 12.1 Å². The second-order valence-electron chi connectivity index (χ2n) is 10.9. The summed E-state index contributed by atoms with van der Waals surface area (Å²) in [7, 11) is 0. The maximum absolute atomic E-state index is 12.6. The van der Waals surface area contributed by atoms with Crippen molar-refractivity contribution in [2.24, 2.45) is 29.4 Å². The van der Waals surface area contributed by atoms with Crippen molar-refractivity contribution >= 4 is 24.2 Å². The van der Waals surface area contributed by atoms with Crippen molar-refractivity contribution in [2.75, 3.05) is 19.8 Å². The molecule has 0 heterocycles. The van der Waals surface area contributed by atoms with Crippen LogP contribution in [0.25, 0.3) is 0 Å². The molecule has 0 bridgehead atoms. The normalized spacial score (nSPS) is 14.7. The van der Waals surface area contributed by atoms with Crippen molar-refractivity contribution < 1.29 is 47.6 Å². The number of ether oxygens (including phenoxy) is 6. The third kappa shape index (κ3) is 13.7. The lowest BCUT2D eigenvalue weighted by Gasteiger charge is -2.19. The standard InChI is InChI=1S/C30H47NO10/c1-9-19(5)15-37-29(34)40-25-12-11-23(14-26(25)41-30(35)38-16-20(6)10-2)13-24(31)28(33)39-21(7)17-36-27(32)22(8)18(3)4/h11-12,14,18-22,24H,9-10,13,15-17,31H2,1-8H3/t19?,20?,21-,22?,24-/m0/s1. The van der Waals surface area contributed by atoms with Crippen LogP contribution in [-0.4, -0.2) is 56.2 Å². The van der Waals surface area contributed by atoms with Crippen molar-refractivity contribution in [3.63, 3.8) is 0 Å². The van der Waals surface area contributed by atoms with Gasteiger partial charge in [-0.05, 0) is 48.8 Å². The Morgan fingerprint density at radius 3 is 1.78 bits per heavy atom. The summed E-state index contributed by atoms with van der Waals surface area (Å²) in [6, 6.07) is 3.33. The molecule has 232 valence electrons. The molecule has 0 saturated heterocycles. The first-order valence-electron chi connectivity index (χ1n) is 14.2. The van der Waals surface area contributed by atoms with Gasteiger partial charge in [0.2, 0.25) is 0 Å². The van der Waals surface area contributed by atoms with E-state index >= 15 is 0 Å². The van der Waals surface area contributed by atoms with Crippen LogP contribution in [0.3, 0.4) is 0 Å². The Labute approximate surface area is 243 Å². The highest BCUT2D eigenvalue weighted by atomic mass is 16.7. The lowest BCUT2D eigenvalue weighted by Crippen LogP contribution is -2.37. The number of hydrogen-bond donors (Lipinski definition) is 1. The van der Waals surface area contributed by atoms with E-state index in [0.717, 1.165) is 12.8 Å². The van der Waals surface area contributed by atoms with Gasteiger partial charge in [-0.3, -0.25) is 9.59 Å². The molecular formula is C30H47NO10. The summed E-state index contributed by atoms with van der Waals surface area (Å²) in [5.41, 5.74) is 6.57. The number of nitrogens with two attached hydrogens (primary N) is 1. The second-order valence-corrected chi connectivity index (χ2v) is 10.9. The van der Waals surface area contributed by atoms with Crippen LogP contribution in [0.5, 0.6) is 11.5 Å². The first kappa shape index (κ1) is 35.7. The molecule has 2 N–H and O–H groups in total. The predicted octanol–water partition coefficient (Wildman–Crippen LogP) is 5.45. The third-order valence-electron chi connectivity index (χ3n) is 6.67. The lowest BCUT2D eigenvalue weighted by molar-refractivity contribution is -0.161. The largest absolute Gasteiger partial charge is 0.513 e. The van der Waals surface area contributed by atoms with Crippen LogP contribution in [0.2, 0.25) is 0 Å². The first-order valence-corrected chi connectivity index (χ1v) is 14.2. The second kappa shape index (κ2) is 18.2. The van der Waals surface area contributed by atoms with E-state index in [2.05, 4.69) is 0 Å². The number of rotatable bonds is 16. The quantitative estimate of drug-likeness (QED) is 0.151. The Morgan fingerprint density at radius 2 is 1.27 bits per heavy atom. The van der Waals surface area contributed by atoms with Crippen LogP contribution in [0.15, 0.2) is 18.2 Å². The smallest absolute Gasteiger partial charge is 0.462 e. The summed E-state index contributed by atoms with van der Waals surface area (Å²) >= 11 is 0. The molecule has 0 radical (unpaired) electrons. The highest BCUT2D eigenvalue weighted by Crippen LogP contribution is 2.30. The number of esters is 2. The van der Waals surface area contributed by atoms with Gasteiger partial charge in [-0.2, -0.15) is 0 Å². The van der Waals surface area contributed by atoms with Gasteiger partial charge in [-0.15, -0.1) is 0 Å². The topological polar surface area (TPSA) is 150 Å². The molecule has 1 aromatic rings. The number of carbonyl (C=O) groups excluding carboxylic acids is 4. The molecule has 0 aliphatic carbocycles. The average Bonchev–Trinajstić information content (AvgIpc) is 2.93. The van der Waals surface area contributed by atoms with Crippen molar-refractivity contribution in [2.45, 2.75) is 86.8 Å². The fraction of sp³-hybridized carbons (Fsp3) is 0.667. The van der Waals surface area contributed by atoms with E-state index in [4.69, 9.17) is 34.2 Å². The maximum atomic E-state index is 12.6. The Hall–Kier alpha value is -3.34. The van der Waals surface area contributed by atoms with Gasteiger partial charge in [0.1, 0.15) is 18.8 Å². The summed E-state index contributed by atoms with van der Waals surface area (Å²) in [6.45, 7) is 15.2. The zero-order valence-corrected chi connectivity index (χ0v) is 25.6. The Bertz CT molecular complexity index is 995. The molecule has 41 heavy (non-hydrogen) atoms. The fourth-order valence-corrected chi connectivity index (χ4v) is 3.00. The predicted molar refractivity (Wildman–Crippen MR) is 151 cm³/mol. The summed E-state index contributed by atoms with van der Waals surface area (Å²) in [6.07, 6.45) is -0.971. The molecule has 0 fully saturated rings. The van der Waals surface area contributed by atoms with Crippen molar-refractivity contribution in [3.8, 4) is 11.5 Å². The average molecular weight is 582 g/mol. The molecule has 0 aromatic heterocycles. The van der Waals surface area contributed by atoms with Crippen LogP contribution in [0.1, 0.15) is 73.8 Å². The Balaban J connectivity index is 2.90. The minimum absolute atomic E-state index is 0.0206. The highest BCUT2D eigenvalue weighted by Gasteiger charge is 2.24. The molecule has 1 aromatic carbocycles. The zero-order chi connectivity index (χ0) is 31.1. The van der Waals surface area contributed by atoms with E-state index in [1.807, 2.05) is 41.5 Å². The first-order chi connectivity index (χ1) is 19.3. The monoisotopic (exact) mass is 581 g/mol. The van der Waals surface area contributed by atoms with E-state index in [0.29, 0.717) is 5.56 Å². The van der Waals surface area contributed by atoms with E-state index in [1.54, 1.807) is 19.9 Å². The van der Waals surface area contributed by atoms with Crippen LogP contribution >= 0.6 is 0 Å². The van der Waals surface area contributed by atoms with Gasteiger partial charge in [-0.1, -0.05) is 67.4 Å². The maximum Gasteiger partial charge on any atom is 0.513 e. The van der Waals surface area contributed by atoms with Crippen molar-refractivity contribution in [1.29, 1.82) is 0 Å². The van der Waals surface area contributed by atoms with Gasteiger partial charge in [0, 0.05) is 0 Å². The van der Waals surface area contributed by atoms with E-state index < -0.39 is 30.4 Å². The number of carbonyl (C=O) groups is 4. The highest BCUT2D eigenvalue weighted by molar-refractivity contribution is 5.76. The molecule has 0 spiro atoms. The van der Waals surface area contributed by atoms with Crippen molar-refractivity contribution in [1.82, 2.24) is 0 Å². The summed E-state index contributed by atoms with van der Waals surface area (Å²) < 4.78 is 31.4. The molecule has 0 aliphatic rings. The molecule has 11 nitrogen and oxygen atoms in total. The minimum Gasteiger partial charge on any atom is -0.462 e. The summed E-state index contributed by atoms with van der Waals surface area (Å²) in [4.78, 5) is 49.2. The van der Waals surface area contributed by atoms with Gasteiger partial charge < -0.3 is 34.2 Å². The fourth-order valence-electron chi connectivity index (χ4n) is 3.00. The van der Waals surface area contributed by atoms with E-state index in [9.17, 15) is 19.2 Å². The Kier molecular flexibility index (Phi) is 15.8. The molecule has 0 saturated carbocycles. The molecule has 3 unspecified atom stereocenters. The SMILES string of the molecule is CCC(C)COC(=O)Oc1ccc(C[C@H](N)C(=O)O[C@@H](C)COC(=O)C(C)C(C)C)cc1OC(=O)OCC(C)CC. The van der Waals surface area contributed by atoms with Crippen LogP contribution < -0.4 is 15.2 Å². The van der Waals surface area contributed by atoms with Gasteiger partial charge in [0.15, 0.2) is 11.5 Å². The minimum atomic E-state index is -1.07. The molecular weight excluding hydrogens is 534 g/mol. The van der Waals surface area contributed by atoms with Crippen molar-refractivity contribution in [3.05, 3.63) is 23.8 Å². The summed E-state index contributed by atoms with van der Waals surface area (Å²) in [5.74, 6) is -1.11. The van der Waals surface area contributed by atoms with Gasteiger partial charge in [-0.25, -0.2) is 9.59 Å². The molecule has 11 heteroatoms.